The average molecular weight is 114 g/mol. The second-order valence-electron chi connectivity index (χ2n) is 1.97. The Morgan fingerprint density at radius 1 is 1.50 bits per heavy atom. The second-order valence-corrected chi connectivity index (χ2v) is 1.97. The van der Waals surface area contributed by atoms with Crippen molar-refractivity contribution in [1.82, 2.24) is 0 Å². The van der Waals surface area contributed by atoms with Gasteiger partial charge in [-0.3, -0.25) is 4.79 Å². The van der Waals surface area contributed by atoms with Gasteiger partial charge in [-0.05, 0) is 12.8 Å². The molecule has 0 atom stereocenters. The van der Waals surface area contributed by atoms with Crippen LogP contribution in [-0.4, -0.2) is 11.8 Å². The van der Waals surface area contributed by atoms with Crippen LogP contribution in [0, 0.1) is 0 Å². The van der Waals surface area contributed by atoms with Crippen LogP contribution in [0.3, 0.4) is 0 Å². The third-order valence-electron chi connectivity index (χ3n) is 1.47. The summed E-state index contributed by atoms with van der Waals surface area (Å²) in [5.74, 6) is 0. The van der Waals surface area contributed by atoms with Crippen molar-refractivity contribution < 1.29 is 4.79 Å². The maximum Gasteiger partial charge on any atom is 0.220 e. The Balaban J connectivity index is 3.76. The highest BCUT2D eigenvalue weighted by atomic mass is 16.1. The molecule has 0 aromatic rings. The number of rotatable bonds is 3. The first kappa shape index (κ1) is 7.63. The van der Waals surface area contributed by atoms with Gasteiger partial charge in [0, 0.05) is 0 Å². The van der Waals surface area contributed by atoms with Crippen molar-refractivity contribution in [2.45, 2.75) is 32.2 Å². The fourth-order valence-corrected chi connectivity index (χ4v) is 0.394. The molecule has 0 fully saturated rings. The van der Waals surface area contributed by atoms with E-state index in [-0.39, 0.29) is 0 Å². The van der Waals surface area contributed by atoms with Crippen LogP contribution in [0.15, 0.2) is 0 Å². The van der Waals surface area contributed by atoms with E-state index in [0.717, 1.165) is 0 Å². The van der Waals surface area contributed by atoms with Crippen LogP contribution in [0.2, 0.25) is 0 Å². The smallest absolute Gasteiger partial charge is 0.220 e. The molecular formula is C6H12NO. The monoisotopic (exact) mass is 114 g/mol. The van der Waals surface area contributed by atoms with Crippen molar-refractivity contribution in [2.75, 3.05) is 0 Å². The van der Waals surface area contributed by atoms with Crippen molar-refractivity contribution in [1.29, 1.82) is 0 Å². The molecule has 2 heteroatoms. The van der Waals surface area contributed by atoms with Crippen LogP contribution in [0.25, 0.3) is 0 Å². The zero-order valence-corrected chi connectivity index (χ0v) is 5.40. The first-order chi connectivity index (χ1) is 3.68. The van der Waals surface area contributed by atoms with E-state index in [4.69, 9.17) is 5.73 Å². The molecular weight excluding hydrogens is 102 g/mol. The minimum atomic E-state index is -0.681. The minimum absolute atomic E-state index is 0.674. The van der Waals surface area contributed by atoms with Crippen LogP contribution >= 0.6 is 0 Å². The lowest BCUT2D eigenvalue weighted by Crippen LogP contribution is -2.39. The van der Waals surface area contributed by atoms with Crippen LogP contribution in [-0.2, 0) is 4.79 Å². The molecule has 2 nitrogen and oxygen atoms in total. The first-order valence-electron chi connectivity index (χ1n) is 2.86. The van der Waals surface area contributed by atoms with E-state index in [0.29, 0.717) is 12.8 Å². The topological polar surface area (TPSA) is 43.1 Å². The highest BCUT2D eigenvalue weighted by Crippen LogP contribution is 2.05. The fraction of sp³-hybridized carbons (Fsp3) is 0.833. The molecule has 0 saturated heterocycles. The predicted octanol–water partition coefficient (Wildman–Crippen LogP) is 0.614. The van der Waals surface area contributed by atoms with Gasteiger partial charge in [0.25, 0.3) is 0 Å². The maximum atomic E-state index is 10.0. The molecule has 8 heavy (non-hydrogen) atoms. The van der Waals surface area contributed by atoms with Crippen molar-refractivity contribution in [3.63, 3.8) is 0 Å². The van der Waals surface area contributed by atoms with Gasteiger partial charge >= 0.3 is 0 Å². The van der Waals surface area contributed by atoms with Gasteiger partial charge in [-0.2, -0.15) is 0 Å². The third kappa shape index (κ3) is 1.62. The minimum Gasteiger partial charge on any atom is -0.319 e. The molecule has 0 unspecified atom stereocenters. The summed E-state index contributed by atoms with van der Waals surface area (Å²) < 4.78 is 0. The summed E-state index contributed by atoms with van der Waals surface area (Å²) >= 11 is 0. The van der Waals surface area contributed by atoms with Crippen molar-refractivity contribution in [2.24, 2.45) is 5.73 Å². The Hall–Kier alpha value is -0.370. The van der Waals surface area contributed by atoms with E-state index in [1.165, 1.54) is 0 Å². The third-order valence-corrected chi connectivity index (χ3v) is 1.47. The molecule has 2 N–H and O–H groups in total. The van der Waals surface area contributed by atoms with Crippen LogP contribution in [0.1, 0.15) is 26.7 Å². The molecule has 0 aliphatic heterocycles. The van der Waals surface area contributed by atoms with Gasteiger partial charge in [-0.15, -0.1) is 0 Å². The van der Waals surface area contributed by atoms with Crippen molar-refractivity contribution in [3.8, 4) is 0 Å². The summed E-state index contributed by atoms with van der Waals surface area (Å²) in [7, 11) is 0. The van der Waals surface area contributed by atoms with E-state index in [9.17, 15) is 4.79 Å². The Kier molecular flexibility index (Phi) is 2.69. The summed E-state index contributed by atoms with van der Waals surface area (Å²) in [6.07, 6.45) is 3.15. The van der Waals surface area contributed by atoms with E-state index >= 15 is 0 Å². The lowest BCUT2D eigenvalue weighted by Gasteiger charge is -2.15. The molecule has 0 heterocycles. The lowest BCUT2D eigenvalue weighted by molar-refractivity contribution is 0.461. The summed E-state index contributed by atoms with van der Waals surface area (Å²) in [4.78, 5) is 10.0. The van der Waals surface area contributed by atoms with Gasteiger partial charge in [0.15, 0.2) is 0 Å². The SMILES string of the molecule is CCC(N)([C]=O)CC. The standard InChI is InChI=1S/C6H12NO/c1-3-6(7,4-2)5-8/h3-4,7H2,1-2H3. The summed E-state index contributed by atoms with van der Waals surface area (Å²) in [6.45, 7) is 3.77. The number of hydrogen-bond donors (Lipinski definition) is 1. The van der Waals surface area contributed by atoms with Gasteiger partial charge in [0.2, 0.25) is 6.29 Å². The quantitative estimate of drug-likeness (QED) is 0.584. The van der Waals surface area contributed by atoms with Crippen molar-refractivity contribution >= 4 is 6.29 Å². The molecule has 0 spiro atoms. The summed E-state index contributed by atoms with van der Waals surface area (Å²) in [5.41, 5.74) is 4.79. The number of carbonyl (C=O) groups excluding carboxylic acids is 1. The van der Waals surface area contributed by atoms with Crippen molar-refractivity contribution in [3.05, 3.63) is 0 Å². The predicted molar refractivity (Wildman–Crippen MR) is 33.2 cm³/mol. The van der Waals surface area contributed by atoms with Crippen LogP contribution in [0.4, 0.5) is 0 Å². The maximum absolute atomic E-state index is 10.0. The molecule has 0 amide bonds. The number of hydrogen-bond acceptors (Lipinski definition) is 2. The van der Waals surface area contributed by atoms with Gasteiger partial charge < -0.3 is 5.73 Å². The highest BCUT2D eigenvalue weighted by Gasteiger charge is 2.19. The Morgan fingerprint density at radius 3 is 1.88 bits per heavy atom. The normalized spacial score (nSPS) is 11.4. The van der Waals surface area contributed by atoms with E-state index < -0.39 is 5.54 Å². The first-order valence-corrected chi connectivity index (χ1v) is 2.86. The fourth-order valence-electron chi connectivity index (χ4n) is 0.394. The molecule has 0 saturated carbocycles. The molecule has 0 aromatic heterocycles. The van der Waals surface area contributed by atoms with Gasteiger partial charge in [0.1, 0.15) is 0 Å². The Labute approximate surface area is 50.1 Å². The van der Waals surface area contributed by atoms with Crippen LogP contribution in [0.5, 0.6) is 0 Å². The Morgan fingerprint density at radius 2 is 1.88 bits per heavy atom. The molecule has 0 aromatic carbocycles. The second kappa shape index (κ2) is 2.82. The van der Waals surface area contributed by atoms with E-state index in [2.05, 4.69) is 0 Å². The molecule has 47 valence electrons. The molecule has 0 aliphatic rings. The number of nitrogens with two attached hydrogens (primary N) is 1. The van der Waals surface area contributed by atoms with E-state index in [1.807, 2.05) is 13.8 Å². The zero-order chi connectivity index (χ0) is 6.62. The van der Waals surface area contributed by atoms with E-state index in [1.54, 1.807) is 6.29 Å². The average Bonchev–Trinajstić information content (AvgIpc) is 1.87. The summed E-state index contributed by atoms with van der Waals surface area (Å²) in [5, 5.41) is 0. The lowest BCUT2D eigenvalue weighted by atomic mass is 9.97. The summed E-state index contributed by atoms with van der Waals surface area (Å²) in [6, 6.07) is 0. The molecule has 0 bridgehead atoms. The van der Waals surface area contributed by atoms with Gasteiger partial charge in [0.05, 0.1) is 5.54 Å². The Bertz CT molecular complexity index is 76.6. The molecule has 1 radical (unpaired) electrons. The molecule has 0 rings (SSSR count). The van der Waals surface area contributed by atoms with Crippen LogP contribution < -0.4 is 5.73 Å². The van der Waals surface area contributed by atoms with Gasteiger partial charge in [-0.1, -0.05) is 13.8 Å². The van der Waals surface area contributed by atoms with Gasteiger partial charge in [-0.25, -0.2) is 0 Å². The zero-order valence-electron chi connectivity index (χ0n) is 5.40. The molecule has 0 aliphatic carbocycles. The largest absolute Gasteiger partial charge is 0.319 e. The highest BCUT2D eigenvalue weighted by molar-refractivity contribution is 5.64.